The zero-order valence-corrected chi connectivity index (χ0v) is 16.5. The Labute approximate surface area is 154 Å². The first-order valence-electron chi connectivity index (χ1n) is 8.43. The number of aliphatic hydroxyl groups excluding tert-OH is 1. The lowest BCUT2D eigenvalue weighted by atomic mass is 10.1. The van der Waals surface area contributed by atoms with Gasteiger partial charge >= 0.3 is 0 Å². The fraction of sp³-hybridized carbons (Fsp3) is 0.474. The van der Waals surface area contributed by atoms with E-state index in [-0.39, 0.29) is 5.92 Å². The molecule has 0 radical (unpaired) electrons. The van der Waals surface area contributed by atoms with E-state index < -0.39 is 0 Å². The second-order valence-corrected chi connectivity index (χ2v) is 6.74. The number of hydrogen-bond donors (Lipinski definition) is 2. The Morgan fingerprint density at radius 2 is 2.20 bits per heavy atom. The van der Waals surface area contributed by atoms with Crippen LogP contribution in [0.2, 0.25) is 0 Å². The van der Waals surface area contributed by atoms with Crippen LogP contribution in [-0.2, 0) is 4.74 Å². The quantitative estimate of drug-likeness (QED) is 0.350. The van der Waals surface area contributed by atoms with E-state index in [1.807, 2.05) is 37.5 Å². The van der Waals surface area contributed by atoms with Crippen LogP contribution in [0, 0.1) is 5.92 Å². The van der Waals surface area contributed by atoms with E-state index in [1.165, 1.54) is 0 Å². The van der Waals surface area contributed by atoms with Crippen molar-refractivity contribution in [3.05, 3.63) is 47.4 Å². The topological polar surface area (TPSA) is 66.7 Å². The highest BCUT2D eigenvalue weighted by Gasteiger charge is 2.10. The van der Waals surface area contributed by atoms with Gasteiger partial charge in [-0.25, -0.2) is 4.98 Å². The van der Waals surface area contributed by atoms with E-state index in [0.717, 1.165) is 16.5 Å². The van der Waals surface area contributed by atoms with Crippen LogP contribution in [0.1, 0.15) is 39.8 Å². The minimum atomic E-state index is -0.00626. The van der Waals surface area contributed by atoms with Crippen molar-refractivity contribution in [3.63, 3.8) is 0 Å². The van der Waals surface area contributed by atoms with Crippen molar-refractivity contribution >= 4 is 22.2 Å². The van der Waals surface area contributed by atoms with Crippen molar-refractivity contribution in [3.8, 4) is 0 Å². The molecule has 2 N–H and O–H groups in total. The molecule has 1 aromatic rings. The SMILES string of the molecule is C/C=C\C(C)/C(O)=C\CC(=NC/C=C/OC)c1csc(NC(C)C)n1. The first-order chi connectivity index (χ1) is 12.0. The van der Waals surface area contributed by atoms with Crippen molar-refractivity contribution < 1.29 is 9.84 Å². The van der Waals surface area contributed by atoms with Gasteiger partial charge < -0.3 is 15.2 Å². The maximum atomic E-state index is 10.2. The van der Waals surface area contributed by atoms with Crippen LogP contribution in [0.15, 0.2) is 46.7 Å². The van der Waals surface area contributed by atoms with Gasteiger partial charge in [0.25, 0.3) is 0 Å². The Hall–Kier alpha value is -2.08. The summed E-state index contributed by atoms with van der Waals surface area (Å²) in [7, 11) is 1.61. The highest BCUT2D eigenvalue weighted by Crippen LogP contribution is 2.19. The van der Waals surface area contributed by atoms with Gasteiger partial charge in [-0.1, -0.05) is 19.1 Å². The van der Waals surface area contributed by atoms with E-state index >= 15 is 0 Å². The first-order valence-corrected chi connectivity index (χ1v) is 9.31. The predicted molar refractivity (Wildman–Crippen MR) is 108 cm³/mol. The lowest BCUT2D eigenvalue weighted by Crippen LogP contribution is -2.10. The number of aliphatic hydroxyl groups is 1. The van der Waals surface area contributed by atoms with E-state index in [9.17, 15) is 5.11 Å². The van der Waals surface area contributed by atoms with Gasteiger partial charge in [-0.15, -0.1) is 11.3 Å². The summed E-state index contributed by atoms with van der Waals surface area (Å²) < 4.78 is 4.90. The fourth-order valence-corrected chi connectivity index (χ4v) is 2.91. The number of aliphatic imine (C=N–C) groups is 1. The molecule has 0 amide bonds. The van der Waals surface area contributed by atoms with Crippen LogP contribution in [0.25, 0.3) is 0 Å². The van der Waals surface area contributed by atoms with Crippen molar-refractivity contribution in [2.24, 2.45) is 10.9 Å². The zero-order chi connectivity index (χ0) is 18.7. The molecule has 1 rings (SSSR count). The molecule has 0 aliphatic heterocycles. The number of anilines is 1. The number of nitrogens with one attached hydrogen (secondary N) is 1. The third-order valence-electron chi connectivity index (χ3n) is 3.28. The molecule has 0 saturated carbocycles. The molecule has 1 atom stereocenters. The summed E-state index contributed by atoms with van der Waals surface area (Å²) in [6.07, 6.45) is 9.67. The molecule has 5 nitrogen and oxygen atoms in total. The maximum Gasteiger partial charge on any atom is 0.183 e. The molecule has 1 aromatic heterocycles. The van der Waals surface area contributed by atoms with Crippen LogP contribution in [0.4, 0.5) is 5.13 Å². The van der Waals surface area contributed by atoms with Crippen LogP contribution in [-0.4, -0.2) is 35.5 Å². The molecule has 6 heteroatoms. The van der Waals surface area contributed by atoms with Crippen LogP contribution < -0.4 is 5.32 Å². The summed E-state index contributed by atoms with van der Waals surface area (Å²) in [6, 6.07) is 0.328. The molecule has 1 unspecified atom stereocenters. The standard InChI is InChI=1S/C19H29N3O2S/c1-6-8-15(4)18(23)10-9-16(20-11-7-12-24-5)17-13-25-19(22-17)21-14(2)3/h6-8,10,12-15,23H,9,11H2,1-5H3,(H,21,22)/b8-6-,12-7+,18-10+,20-16?. The van der Waals surface area contributed by atoms with Crippen LogP contribution in [0.5, 0.6) is 0 Å². The number of rotatable bonds is 10. The van der Waals surface area contributed by atoms with Gasteiger partial charge in [0, 0.05) is 23.8 Å². The Bertz CT molecular complexity index is 630. The van der Waals surface area contributed by atoms with Gasteiger partial charge in [-0.3, -0.25) is 4.99 Å². The summed E-state index contributed by atoms with van der Waals surface area (Å²) in [6.45, 7) is 8.56. The van der Waals surface area contributed by atoms with Crippen molar-refractivity contribution in [1.82, 2.24) is 4.98 Å². The Balaban J connectivity index is 2.94. The second kappa shape index (κ2) is 11.5. The van der Waals surface area contributed by atoms with Gasteiger partial charge in [-0.05, 0) is 32.9 Å². The van der Waals surface area contributed by atoms with E-state index in [4.69, 9.17) is 4.74 Å². The Morgan fingerprint density at radius 1 is 1.44 bits per heavy atom. The third kappa shape index (κ3) is 8.03. The molecular formula is C19H29N3O2S. The molecule has 0 fully saturated rings. The number of thiazole rings is 1. The molecule has 1 heterocycles. The lowest BCUT2D eigenvalue weighted by Gasteiger charge is -2.07. The second-order valence-electron chi connectivity index (χ2n) is 5.88. The molecule has 0 spiro atoms. The van der Waals surface area contributed by atoms with Crippen molar-refractivity contribution in [1.29, 1.82) is 0 Å². The Kier molecular flexibility index (Phi) is 9.62. The highest BCUT2D eigenvalue weighted by atomic mass is 32.1. The normalized spacial score (nSPS) is 14.6. The minimum absolute atomic E-state index is 0.00626. The summed E-state index contributed by atoms with van der Waals surface area (Å²) in [5, 5.41) is 16.3. The molecular weight excluding hydrogens is 334 g/mol. The van der Waals surface area contributed by atoms with Gasteiger partial charge in [0.2, 0.25) is 0 Å². The van der Waals surface area contributed by atoms with Crippen molar-refractivity contribution in [2.45, 2.75) is 40.2 Å². The monoisotopic (exact) mass is 363 g/mol. The molecule has 0 aliphatic carbocycles. The number of nitrogens with zero attached hydrogens (tertiary/aromatic N) is 2. The number of ether oxygens (including phenoxy) is 1. The summed E-state index contributed by atoms with van der Waals surface area (Å²) in [4.78, 5) is 9.20. The van der Waals surface area contributed by atoms with Gasteiger partial charge in [0.1, 0.15) is 0 Å². The van der Waals surface area contributed by atoms with Gasteiger partial charge in [0.05, 0.1) is 37.1 Å². The average Bonchev–Trinajstić information content (AvgIpc) is 3.01. The average molecular weight is 364 g/mol. The maximum absolute atomic E-state index is 10.2. The first kappa shape index (κ1) is 21.0. The number of methoxy groups -OCH3 is 1. The van der Waals surface area contributed by atoms with Crippen LogP contribution in [0.3, 0.4) is 0 Å². The lowest BCUT2D eigenvalue weighted by molar-refractivity contribution is 0.337. The van der Waals surface area contributed by atoms with Gasteiger partial charge in [-0.2, -0.15) is 0 Å². The molecule has 0 aliphatic rings. The number of aromatic nitrogens is 1. The molecule has 138 valence electrons. The van der Waals surface area contributed by atoms with E-state index in [1.54, 1.807) is 30.8 Å². The summed E-state index contributed by atoms with van der Waals surface area (Å²) >= 11 is 1.56. The predicted octanol–water partition coefficient (Wildman–Crippen LogP) is 4.96. The molecule has 0 bridgehead atoms. The van der Waals surface area contributed by atoms with Crippen LogP contribution >= 0.6 is 11.3 Å². The van der Waals surface area contributed by atoms with Crippen molar-refractivity contribution in [2.75, 3.05) is 19.0 Å². The summed E-state index contributed by atoms with van der Waals surface area (Å²) in [5.74, 6) is 0.335. The minimum Gasteiger partial charge on any atom is -0.512 e. The zero-order valence-electron chi connectivity index (χ0n) is 15.7. The Morgan fingerprint density at radius 3 is 2.84 bits per heavy atom. The van der Waals surface area contributed by atoms with E-state index in [2.05, 4.69) is 29.1 Å². The van der Waals surface area contributed by atoms with E-state index in [0.29, 0.717) is 24.8 Å². The summed E-state index contributed by atoms with van der Waals surface area (Å²) in [5.41, 5.74) is 1.68. The fourth-order valence-electron chi connectivity index (χ4n) is 2.05. The highest BCUT2D eigenvalue weighted by molar-refractivity contribution is 7.13. The molecule has 25 heavy (non-hydrogen) atoms. The largest absolute Gasteiger partial charge is 0.512 e. The molecule has 0 saturated heterocycles. The number of allylic oxidation sites excluding steroid dienone is 3. The van der Waals surface area contributed by atoms with Gasteiger partial charge in [0.15, 0.2) is 5.13 Å². The molecule has 0 aromatic carbocycles. The number of hydrogen-bond acceptors (Lipinski definition) is 6. The third-order valence-corrected chi connectivity index (χ3v) is 4.06. The smallest absolute Gasteiger partial charge is 0.183 e.